The van der Waals surface area contributed by atoms with Crippen molar-refractivity contribution in [2.24, 2.45) is 5.73 Å². The molecular weight excluding hydrogens is 279 g/mol. The fourth-order valence-electron chi connectivity index (χ4n) is 3.19. The SMILES string of the molecule is NCCNc1cc(-c2ccc[nH]2)c2c3c(ccc(F)c13)NC2. The zero-order chi connectivity index (χ0) is 15.1. The first-order chi connectivity index (χ1) is 10.8. The molecule has 5 N–H and O–H groups in total. The van der Waals surface area contributed by atoms with Gasteiger partial charge in [0, 0.05) is 59.2 Å². The highest BCUT2D eigenvalue weighted by atomic mass is 19.1. The third-order valence-electron chi connectivity index (χ3n) is 4.14. The van der Waals surface area contributed by atoms with E-state index in [1.165, 1.54) is 6.07 Å². The van der Waals surface area contributed by atoms with Crippen molar-refractivity contribution < 1.29 is 4.39 Å². The summed E-state index contributed by atoms with van der Waals surface area (Å²) in [6.45, 7) is 1.82. The number of halogens is 1. The molecule has 0 bridgehead atoms. The molecule has 0 saturated carbocycles. The molecule has 0 aliphatic carbocycles. The van der Waals surface area contributed by atoms with Crippen LogP contribution in [0.1, 0.15) is 5.56 Å². The molecule has 0 unspecified atom stereocenters. The van der Waals surface area contributed by atoms with Gasteiger partial charge in [-0.25, -0.2) is 4.39 Å². The fraction of sp³-hybridized carbons (Fsp3) is 0.176. The van der Waals surface area contributed by atoms with Gasteiger partial charge >= 0.3 is 0 Å². The average Bonchev–Trinajstić information content (AvgIpc) is 3.19. The Morgan fingerprint density at radius 3 is 2.91 bits per heavy atom. The number of aromatic amines is 1. The second-order valence-electron chi connectivity index (χ2n) is 5.45. The molecule has 0 amide bonds. The fourth-order valence-corrected chi connectivity index (χ4v) is 3.19. The molecule has 1 aliphatic heterocycles. The molecule has 0 fully saturated rings. The first kappa shape index (κ1) is 13.2. The molecule has 0 spiro atoms. The van der Waals surface area contributed by atoms with Gasteiger partial charge in [-0.1, -0.05) is 0 Å². The second-order valence-corrected chi connectivity index (χ2v) is 5.45. The van der Waals surface area contributed by atoms with E-state index in [4.69, 9.17) is 5.73 Å². The van der Waals surface area contributed by atoms with Crippen LogP contribution in [0.5, 0.6) is 0 Å². The summed E-state index contributed by atoms with van der Waals surface area (Å²) < 4.78 is 14.4. The highest BCUT2D eigenvalue weighted by Crippen LogP contribution is 2.43. The van der Waals surface area contributed by atoms with Gasteiger partial charge in [0.15, 0.2) is 0 Å². The van der Waals surface area contributed by atoms with Crippen LogP contribution in [0.3, 0.4) is 0 Å². The van der Waals surface area contributed by atoms with Crippen molar-refractivity contribution >= 4 is 22.1 Å². The van der Waals surface area contributed by atoms with Crippen LogP contribution >= 0.6 is 0 Å². The molecule has 0 atom stereocenters. The van der Waals surface area contributed by atoms with E-state index in [0.717, 1.165) is 33.6 Å². The molecule has 3 aromatic rings. The molecule has 1 aromatic heterocycles. The summed E-state index contributed by atoms with van der Waals surface area (Å²) in [5.74, 6) is -0.207. The molecule has 5 heteroatoms. The van der Waals surface area contributed by atoms with Gasteiger partial charge in [0.1, 0.15) is 5.82 Å². The normalized spacial score (nSPS) is 12.6. The number of aromatic nitrogens is 1. The molecule has 112 valence electrons. The van der Waals surface area contributed by atoms with E-state index in [2.05, 4.69) is 15.6 Å². The summed E-state index contributed by atoms with van der Waals surface area (Å²) >= 11 is 0. The molecule has 4 nitrogen and oxygen atoms in total. The molecule has 0 saturated heterocycles. The maximum Gasteiger partial charge on any atom is 0.133 e. The summed E-state index contributed by atoms with van der Waals surface area (Å²) in [6, 6.07) is 9.33. The molecule has 1 aliphatic rings. The van der Waals surface area contributed by atoms with Crippen LogP contribution in [0.15, 0.2) is 36.5 Å². The van der Waals surface area contributed by atoms with Crippen LogP contribution < -0.4 is 16.4 Å². The lowest BCUT2D eigenvalue weighted by molar-refractivity contribution is 0.640. The van der Waals surface area contributed by atoms with E-state index in [-0.39, 0.29) is 5.82 Å². The van der Waals surface area contributed by atoms with E-state index in [9.17, 15) is 4.39 Å². The van der Waals surface area contributed by atoms with Gasteiger partial charge in [0.2, 0.25) is 0 Å². The van der Waals surface area contributed by atoms with Gasteiger partial charge in [-0.15, -0.1) is 0 Å². The molecule has 22 heavy (non-hydrogen) atoms. The van der Waals surface area contributed by atoms with E-state index < -0.39 is 0 Å². The highest BCUT2D eigenvalue weighted by Gasteiger charge is 2.23. The Kier molecular flexibility index (Phi) is 3.01. The molecule has 0 radical (unpaired) electrons. The summed E-state index contributed by atoms with van der Waals surface area (Å²) in [5.41, 5.74) is 10.6. The van der Waals surface area contributed by atoms with E-state index in [1.54, 1.807) is 6.07 Å². The van der Waals surface area contributed by atoms with Crippen molar-refractivity contribution in [3.8, 4) is 11.3 Å². The van der Waals surface area contributed by atoms with Gasteiger partial charge in [-0.05, 0) is 35.9 Å². The summed E-state index contributed by atoms with van der Waals surface area (Å²) in [4.78, 5) is 3.24. The van der Waals surface area contributed by atoms with Gasteiger partial charge < -0.3 is 21.4 Å². The minimum Gasteiger partial charge on any atom is -0.383 e. The molecule has 4 rings (SSSR count). The smallest absolute Gasteiger partial charge is 0.133 e. The molecular formula is C17H17FN4. The van der Waals surface area contributed by atoms with Crippen LogP contribution in [0.2, 0.25) is 0 Å². The van der Waals surface area contributed by atoms with Crippen LogP contribution in [-0.4, -0.2) is 18.1 Å². The van der Waals surface area contributed by atoms with Crippen molar-refractivity contribution in [1.82, 2.24) is 4.98 Å². The van der Waals surface area contributed by atoms with E-state index >= 15 is 0 Å². The van der Waals surface area contributed by atoms with Crippen LogP contribution in [0.4, 0.5) is 15.8 Å². The number of benzene rings is 2. The van der Waals surface area contributed by atoms with Gasteiger partial charge in [-0.2, -0.15) is 0 Å². The Labute approximate surface area is 127 Å². The lowest BCUT2D eigenvalue weighted by atomic mass is 9.96. The number of hydrogen-bond acceptors (Lipinski definition) is 3. The monoisotopic (exact) mass is 296 g/mol. The maximum atomic E-state index is 14.4. The van der Waals surface area contributed by atoms with Gasteiger partial charge in [0.25, 0.3) is 0 Å². The summed E-state index contributed by atoms with van der Waals surface area (Å²) in [5, 5.41) is 8.21. The van der Waals surface area contributed by atoms with Crippen molar-refractivity contribution in [1.29, 1.82) is 0 Å². The molecule has 2 aromatic carbocycles. The summed E-state index contributed by atoms with van der Waals surface area (Å²) in [6.07, 6.45) is 1.90. The zero-order valence-corrected chi connectivity index (χ0v) is 12.0. The van der Waals surface area contributed by atoms with E-state index in [0.29, 0.717) is 25.0 Å². The lowest BCUT2D eigenvalue weighted by Gasteiger charge is -2.14. The highest BCUT2D eigenvalue weighted by molar-refractivity contribution is 6.09. The number of hydrogen-bond donors (Lipinski definition) is 4. The predicted molar refractivity (Wildman–Crippen MR) is 88.6 cm³/mol. The van der Waals surface area contributed by atoms with Crippen molar-refractivity contribution in [2.45, 2.75) is 6.54 Å². The Balaban J connectivity index is 2.04. The number of nitrogens with two attached hydrogens (primary N) is 1. The van der Waals surface area contributed by atoms with Crippen LogP contribution in [-0.2, 0) is 6.54 Å². The quantitative estimate of drug-likeness (QED) is 0.597. The number of H-pyrrole nitrogens is 1. The second kappa shape index (κ2) is 5.03. The van der Waals surface area contributed by atoms with Crippen molar-refractivity contribution in [2.75, 3.05) is 23.7 Å². The van der Waals surface area contributed by atoms with Crippen molar-refractivity contribution in [3.63, 3.8) is 0 Å². The largest absolute Gasteiger partial charge is 0.383 e. The van der Waals surface area contributed by atoms with Crippen LogP contribution in [0, 0.1) is 5.82 Å². The Bertz CT molecular complexity index is 840. The first-order valence-corrected chi connectivity index (χ1v) is 7.39. The Hall–Kier alpha value is -2.53. The van der Waals surface area contributed by atoms with E-state index in [1.807, 2.05) is 24.4 Å². The summed E-state index contributed by atoms with van der Waals surface area (Å²) in [7, 11) is 0. The third-order valence-corrected chi connectivity index (χ3v) is 4.14. The lowest BCUT2D eigenvalue weighted by Crippen LogP contribution is -2.13. The van der Waals surface area contributed by atoms with Gasteiger partial charge in [-0.3, -0.25) is 0 Å². The topological polar surface area (TPSA) is 65.9 Å². The minimum absolute atomic E-state index is 0.207. The standard InChI is InChI=1S/C17H17FN4/c18-12-3-4-14-16-11(9-22-14)10(13-2-1-6-20-13)8-15(17(12)16)21-7-5-19/h1-4,6,8,20-22H,5,7,9,19H2. The third kappa shape index (κ3) is 1.86. The van der Waals surface area contributed by atoms with Crippen LogP contribution in [0.25, 0.3) is 22.0 Å². The number of rotatable bonds is 4. The first-order valence-electron chi connectivity index (χ1n) is 7.39. The van der Waals surface area contributed by atoms with Gasteiger partial charge in [0.05, 0.1) is 0 Å². The minimum atomic E-state index is -0.207. The van der Waals surface area contributed by atoms with Crippen molar-refractivity contribution in [3.05, 3.63) is 47.9 Å². The average molecular weight is 296 g/mol. The Morgan fingerprint density at radius 2 is 2.14 bits per heavy atom. The number of anilines is 2. The number of nitrogens with one attached hydrogen (secondary N) is 3. The maximum absolute atomic E-state index is 14.4. The Morgan fingerprint density at radius 1 is 1.23 bits per heavy atom. The predicted octanol–water partition coefficient (Wildman–Crippen LogP) is 3.27. The zero-order valence-electron chi connectivity index (χ0n) is 12.0. The molecule has 2 heterocycles.